The molecule has 1 aliphatic rings. The zero-order valence-corrected chi connectivity index (χ0v) is 9.27. The molecule has 0 radical (unpaired) electrons. The molecule has 15 heavy (non-hydrogen) atoms. The van der Waals surface area contributed by atoms with Gasteiger partial charge in [0.15, 0.2) is 0 Å². The van der Waals surface area contributed by atoms with Gasteiger partial charge in [-0.05, 0) is 26.7 Å². The number of rotatable bonds is 1. The molecular weight excluding hydrogens is 190 g/mol. The van der Waals surface area contributed by atoms with Crippen LogP contribution >= 0.6 is 0 Å². The second-order valence-corrected chi connectivity index (χ2v) is 4.50. The van der Waals surface area contributed by atoms with Gasteiger partial charge in [-0.3, -0.25) is 0 Å². The number of hydrogen-bond acceptors (Lipinski definition) is 4. The highest BCUT2D eigenvalue weighted by atomic mass is 16.3. The Balaban J connectivity index is 2.08. The molecule has 1 N–H and O–H groups in total. The van der Waals surface area contributed by atoms with E-state index in [0.717, 1.165) is 37.4 Å². The lowest BCUT2D eigenvalue weighted by Gasteiger charge is -2.36. The lowest BCUT2D eigenvalue weighted by molar-refractivity contribution is 0.0350. The Labute approximate surface area is 90.0 Å². The second-order valence-electron chi connectivity index (χ2n) is 4.50. The van der Waals surface area contributed by atoms with Gasteiger partial charge in [-0.1, -0.05) is 0 Å². The van der Waals surface area contributed by atoms with Crippen LogP contribution in [0.2, 0.25) is 0 Å². The fourth-order valence-corrected chi connectivity index (χ4v) is 1.83. The van der Waals surface area contributed by atoms with Crippen molar-refractivity contribution in [2.24, 2.45) is 0 Å². The van der Waals surface area contributed by atoms with E-state index in [4.69, 9.17) is 0 Å². The van der Waals surface area contributed by atoms with Gasteiger partial charge in [-0.25, -0.2) is 9.97 Å². The Morgan fingerprint density at radius 2 is 2.00 bits per heavy atom. The molecule has 0 unspecified atom stereocenters. The van der Waals surface area contributed by atoms with Crippen molar-refractivity contribution in [1.29, 1.82) is 0 Å². The lowest BCUT2D eigenvalue weighted by Crippen LogP contribution is -2.42. The average Bonchev–Trinajstić information content (AvgIpc) is 2.17. The highest BCUT2D eigenvalue weighted by Crippen LogP contribution is 2.24. The molecule has 0 aromatic carbocycles. The van der Waals surface area contributed by atoms with Crippen LogP contribution in [0.1, 0.15) is 25.5 Å². The number of anilines is 1. The van der Waals surface area contributed by atoms with Gasteiger partial charge in [0, 0.05) is 24.8 Å². The minimum Gasteiger partial charge on any atom is -0.390 e. The minimum absolute atomic E-state index is 0.501. The molecule has 0 bridgehead atoms. The van der Waals surface area contributed by atoms with Crippen molar-refractivity contribution in [3.63, 3.8) is 0 Å². The number of aryl methyl sites for hydroxylation is 1. The van der Waals surface area contributed by atoms with Crippen LogP contribution in [0.15, 0.2) is 12.4 Å². The molecule has 2 heterocycles. The number of nitrogens with zero attached hydrogens (tertiary/aromatic N) is 3. The summed E-state index contributed by atoms with van der Waals surface area (Å²) in [4.78, 5) is 10.5. The summed E-state index contributed by atoms with van der Waals surface area (Å²) < 4.78 is 0. The van der Waals surface area contributed by atoms with E-state index in [1.54, 1.807) is 6.33 Å². The van der Waals surface area contributed by atoms with Crippen LogP contribution in [-0.2, 0) is 0 Å². The summed E-state index contributed by atoms with van der Waals surface area (Å²) in [7, 11) is 0. The molecule has 82 valence electrons. The maximum absolute atomic E-state index is 9.83. The first kappa shape index (κ1) is 10.4. The molecule has 4 nitrogen and oxygen atoms in total. The number of aliphatic hydroxyl groups is 1. The van der Waals surface area contributed by atoms with E-state index >= 15 is 0 Å². The molecule has 0 amide bonds. The topological polar surface area (TPSA) is 49.2 Å². The molecule has 0 spiro atoms. The zero-order chi connectivity index (χ0) is 10.9. The highest BCUT2D eigenvalue weighted by Gasteiger charge is 2.27. The smallest absolute Gasteiger partial charge is 0.132 e. The average molecular weight is 207 g/mol. The Morgan fingerprint density at radius 3 is 2.60 bits per heavy atom. The van der Waals surface area contributed by atoms with Gasteiger partial charge < -0.3 is 10.0 Å². The van der Waals surface area contributed by atoms with Crippen molar-refractivity contribution in [2.45, 2.75) is 32.3 Å². The highest BCUT2D eigenvalue weighted by molar-refractivity contribution is 5.39. The van der Waals surface area contributed by atoms with Crippen molar-refractivity contribution < 1.29 is 5.11 Å². The Bertz CT molecular complexity index is 341. The van der Waals surface area contributed by atoms with Crippen LogP contribution in [0.3, 0.4) is 0 Å². The van der Waals surface area contributed by atoms with Gasteiger partial charge in [-0.15, -0.1) is 0 Å². The van der Waals surface area contributed by atoms with Gasteiger partial charge in [0.2, 0.25) is 0 Å². The van der Waals surface area contributed by atoms with E-state index in [-0.39, 0.29) is 0 Å². The molecule has 1 fully saturated rings. The predicted molar refractivity (Wildman–Crippen MR) is 58.8 cm³/mol. The largest absolute Gasteiger partial charge is 0.390 e. The number of aromatic nitrogens is 2. The third-order valence-corrected chi connectivity index (χ3v) is 2.95. The third-order valence-electron chi connectivity index (χ3n) is 2.95. The summed E-state index contributed by atoms with van der Waals surface area (Å²) in [6.45, 7) is 5.59. The quantitative estimate of drug-likeness (QED) is 0.750. The molecule has 1 aliphatic heterocycles. The van der Waals surface area contributed by atoms with Crippen LogP contribution in [0, 0.1) is 6.92 Å². The van der Waals surface area contributed by atoms with E-state index < -0.39 is 5.60 Å². The maximum Gasteiger partial charge on any atom is 0.132 e. The van der Waals surface area contributed by atoms with E-state index in [2.05, 4.69) is 14.9 Å². The van der Waals surface area contributed by atoms with Crippen LogP contribution in [0.4, 0.5) is 5.82 Å². The summed E-state index contributed by atoms with van der Waals surface area (Å²) in [6, 6.07) is 1.99. The number of hydrogen-bond donors (Lipinski definition) is 1. The Hall–Kier alpha value is -1.16. The molecule has 1 aromatic rings. The standard InChI is InChI=1S/C11H17N3O/c1-9-7-10(13-8-12-9)14-5-3-11(2,15)4-6-14/h7-8,15H,3-6H2,1-2H3. The van der Waals surface area contributed by atoms with Gasteiger partial charge in [0.05, 0.1) is 5.60 Å². The maximum atomic E-state index is 9.83. The summed E-state index contributed by atoms with van der Waals surface area (Å²) in [5.74, 6) is 0.970. The van der Waals surface area contributed by atoms with Crippen LogP contribution < -0.4 is 4.90 Å². The second kappa shape index (κ2) is 3.77. The molecule has 0 saturated carbocycles. The molecule has 1 aromatic heterocycles. The molecule has 4 heteroatoms. The van der Waals surface area contributed by atoms with Crippen molar-refractivity contribution in [3.8, 4) is 0 Å². The van der Waals surface area contributed by atoms with Gasteiger partial charge in [0.1, 0.15) is 12.1 Å². The van der Waals surface area contributed by atoms with Crippen molar-refractivity contribution in [2.75, 3.05) is 18.0 Å². The first-order chi connectivity index (χ1) is 7.07. The fraction of sp³-hybridized carbons (Fsp3) is 0.636. The minimum atomic E-state index is -0.501. The van der Waals surface area contributed by atoms with Gasteiger partial charge >= 0.3 is 0 Å². The zero-order valence-electron chi connectivity index (χ0n) is 9.27. The lowest BCUT2D eigenvalue weighted by atomic mass is 9.94. The van der Waals surface area contributed by atoms with E-state index in [0.29, 0.717) is 0 Å². The van der Waals surface area contributed by atoms with E-state index in [1.807, 2.05) is 19.9 Å². The summed E-state index contributed by atoms with van der Waals surface area (Å²) in [5, 5.41) is 9.83. The van der Waals surface area contributed by atoms with Crippen molar-refractivity contribution >= 4 is 5.82 Å². The van der Waals surface area contributed by atoms with Gasteiger partial charge in [0.25, 0.3) is 0 Å². The summed E-state index contributed by atoms with van der Waals surface area (Å²) in [5.41, 5.74) is 0.482. The fourth-order valence-electron chi connectivity index (χ4n) is 1.83. The van der Waals surface area contributed by atoms with Crippen LogP contribution in [0.25, 0.3) is 0 Å². The van der Waals surface area contributed by atoms with Crippen LogP contribution in [-0.4, -0.2) is 33.8 Å². The Kier molecular flexibility index (Phi) is 2.61. The predicted octanol–water partition coefficient (Wildman–Crippen LogP) is 1.14. The molecular formula is C11H17N3O. The number of piperidine rings is 1. The first-order valence-corrected chi connectivity index (χ1v) is 5.33. The molecule has 1 saturated heterocycles. The molecule has 0 aliphatic carbocycles. The summed E-state index contributed by atoms with van der Waals surface area (Å²) in [6.07, 6.45) is 3.20. The first-order valence-electron chi connectivity index (χ1n) is 5.33. The van der Waals surface area contributed by atoms with Crippen molar-refractivity contribution in [1.82, 2.24) is 9.97 Å². The third kappa shape index (κ3) is 2.45. The van der Waals surface area contributed by atoms with Crippen molar-refractivity contribution in [3.05, 3.63) is 18.1 Å². The molecule has 0 atom stereocenters. The summed E-state index contributed by atoms with van der Waals surface area (Å²) >= 11 is 0. The van der Waals surface area contributed by atoms with E-state index in [9.17, 15) is 5.11 Å². The molecule has 2 rings (SSSR count). The van der Waals surface area contributed by atoms with E-state index in [1.165, 1.54) is 0 Å². The normalized spacial score (nSPS) is 20.3. The monoisotopic (exact) mass is 207 g/mol. The Morgan fingerprint density at radius 1 is 1.33 bits per heavy atom. The SMILES string of the molecule is Cc1cc(N2CCC(C)(O)CC2)ncn1. The van der Waals surface area contributed by atoms with Gasteiger partial charge in [-0.2, -0.15) is 0 Å². The van der Waals surface area contributed by atoms with Crippen LogP contribution in [0.5, 0.6) is 0 Å².